The first-order valence-corrected chi connectivity index (χ1v) is 13.0. The monoisotopic (exact) mass is 493 g/mol. The molecule has 9 heteroatoms. The second kappa shape index (κ2) is 10.9. The number of thiophene rings is 1. The van der Waals surface area contributed by atoms with Crippen LogP contribution < -0.4 is 10.1 Å². The number of allylic oxidation sites excluding steroid dienone is 1. The fourth-order valence-corrected chi connectivity index (χ4v) is 6.15. The zero-order valence-electron chi connectivity index (χ0n) is 19.3. The Balaban J connectivity index is 1.43. The molecule has 0 aliphatic heterocycles. The number of para-hydroxylation sites is 1. The maximum atomic E-state index is 12.7. The number of hydrogen-bond donors (Lipinski definition) is 1. The molecule has 0 saturated heterocycles. The Labute approximate surface area is 207 Å². The van der Waals surface area contributed by atoms with Gasteiger partial charge in [-0.3, -0.25) is 9.36 Å². The third-order valence-electron chi connectivity index (χ3n) is 5.69. The number of benzene rings is 1. The molecule has 0 saturated carbocycles. The van der Waals surface area contributed by atoms with E-state index in [1.54, 1.807) is 6.08 Å². The molecular weight excluding hydrogens is 466 g/mol. The number of carbonyl (C=O) groups is 1. The van der Waals surface area contributed by atoms with Gasteiger partial charge in [0.05, 0.1) is 11.3 Å². The van der Waals surface area contributed by atoms with Gasteiger partial charge in [0.15, 0.2) is 17.1 Å². The van der Waals surface area contributed by atoms with Gasteiger partial charge in [0.1, 0.15) is 16.8 Å². The van der Waals surface area contributed by atoms with E-state index in [1.165, 1.54) is 28.0 Å². The zero-order chi connectivity index (χ0) is 24.1. The van der Waals surface area contributed by atoms with Crippen molar-refractivity contribution in [1.82, 2.24) is 14.8 Å². The van der Waals surface area contributed by atoms with Crippen molar-refractivity contribution in [3.8, 4) is 11.8 Å². The summed E-state index contributed by atoms with van der Waals surface area (Å²) >= 11 is 2.84. The highest BCUT2D eigenvalue weighted by atomic mass is 32.2. The van der Waals surface area contributed by atoms with Gasteiger partial charge in [-0.2, -0.15) is 5.26 Å². The predicted octanol–water partition coefficient (Wildman–Crippen LogP) is 5.39. The van der Waals surface area contributed by atoms with Gasteiger partial charge >= 0.3 is 0 Å². The molecule has 1 aliphatic rings. The predicted molar refractivity (Wildman–Crippen MR) is 135 cm³/mol. The maximum absolute atomic E-state index is 12.7. The number of hydrogen-bond acceptors (Lipinski definition) is 7. The summed E-state index contributed by atoms with van der Waals surface area (Å²) in [7, 11) is 0. The average molecular weight is 494 g/mol. The third kappa shape index (κ3) is 5.34. The Morgan fingerprint density at radius 1 is 1.44 bits per heavy atom. The molecule has 4 rings (SSSR count). The summed E-state index contributed by atoms with van der Waals surface area (Å²) in [6.07, 6.45) is 4.39. The number of carbonyl (C=O) groups excluding carboxylic acids is 1. The van der Waals surface area contributed by atoms with Crippen molar-refractivity contribution in [2.24, 2.45) is 5.92 Å². The molecule has 2 heterocycles. The number of fused-ring (bicyclic) bond motifs is 1. The van der Waals surface area contributed by atoms with Crippen LogP contribution in [0.25, 0.3) is 0 Å². The highest BCUT2D eigenvalue weighted by molar-refractivity contribution is 7.99. The molecule has 0 radical (unpaired) electrons. The maximum Gasteiger partial charge on any atom is 0.235 e. The van der Waals surface area contributed by atoms with Gasteiger partial charge in [0, 0.05) is 11.4 Å². The largest absolute Gasteiger partial charge is 0.483 e. The van der Waals surface area contributed by atoms with Crippen LogP contribution in [0.5, 0.6) is 5.75 Å². The summed E-state index contributed by atoms with van der Waals surface area (Å²) in [6, 6.07) is 11.8. The number of thioether (sulfide) groups is 1. The Morgan fingerprint density at radius 3 is 2.97 bits per heavy atom. The Bertz CT molecular complexity index is 1210. The summed E-state index contributed by atoms with van der Waals surface area (Å²) < 4.78 is 7.91. The van der Waals surface area contributed by atoms with Gasteiger partial charge in [-0.05, 0) is 49.8 Å². The normalized spacial score (nSPS) is 15.7. The van der Waals surface area contributed by atoms with Crippen LogP contribution in [-0.2, 0) is 24.2 Å². The van der Waals surface area contributed by atoms with Gasteiger partial charge in [-0.1, -0.05) is 43.0 Å². The van der Waals surface area contributed by atoms with Gasteiger partial charge < -0.3 is 10.1 Å². The number of nitrogens with zero attached hydrogens (tertiary/aromatic N) is 4. The smallest absolute Gasteiger partial charge is 0.235 e. The summed E-state index contributed by atoms with van der Waals surface area (Å²) in [6.45, 7) is 8.48. The lowest BCUT2D eigenvalue weighted by atomic mass is 9.89. The summed E-state index contributed by atoms with van der Waals surface area (Å²) in [5, 5.41) is 22.5. The molecule has 1 amide bonds. The third-order valence-corrected chi connectivity index (χ3v) is 7.82. The van der Waals surface area contributed by atoms with E-state index < -0.39 is 0 Å². The van der Waals surface area contributed by atoms with Crippen LogP contribution in [0, 0.1) is 17.2 Å². The van der Waals surface area contributed by atoms with Crippen LogP contribution in [0.2, 0.25) is 0 Å². The van der Waals surface area contributed by atoms with E-state index in [0.29, 0.717) is 34.0 Å². The van der Waals surface area contributed by atoms with Gasteiger partial charge in [0.2, 0.25) is 5.91 Å². The molecule has 1 aliphatic carbocycles. The van der Waals surface area contributed by atoms with Crippen molar-refractivity contribution in [2.75, 3.05) is 11.1 Å². The average Bonchev–Trinajstić information content (AvgIpc) is 3.38. The number of nitrogens with one attached hydrogen (secondary N) is 1. The number of amides is 1. The molecule has 2 aromatic heterocycles. The summed E-state index contributed by atoms with van der Waals surface area (Å²) in [5.41, 5.74) is 1.73. The number of rotatable bonds is 9. The van der Waals surface area contributed by atoms with Crippen LogP contribution in [0.15, 0.2) is 48.1 Å². The Morgan fingerprint density at radius 2 is 2.24 bits per heavy atom. The van der Waals surface area contributed by atoms with E-state index >= 15 is 0 Å². The van der Waals surface area contributed by atoms with Crippen molar-refractivity contribution in [2.45, 2.75) is 50.9 Å². The van der Waals surface area contributed by atoms with Crippen LogP contribution in [0.3, 0.4) is 0 Å². The first-order valence-electron chi connectivity index (χ1n) is 11.2. The topological polar surface area (TPSA) is 92.8 Å². The molecule has 3 aromatic rings. The zero-order valence-corrected chi connectivity index (χ0v) is 20.9. The summed E-state index contributed by atoms with van der Waals surface area (Å²) in [5.74, 6) is 2.01. The van der Waals surface area contributed by atoms with E-state index in [0.717, 1.165) is 30.6 Å². The second-order valence-corrected chi connectivity index (χ2v) is 10.4. The van der Waals surface area contributed by atoms with E-state index in [9.17, 15) is 10.1 Å². The van der Waals surface area contributed by atoms with Crippen molar-refractivity contribution in [3.63, 3.8) is 0 Å². The SMILES string of the molecule is C=CCn1c(SCC(=O)Nc2sc3c(c2C#N)CCC(C)C3)nnc1C(C)Oc1ccccc1. The highest BCUT2D eigenvalue weighted by Crippen LogP contribution is 2.39. The molecule has 34 heavy (non-hydrogen) atoms. The fourth-order valence-electron chi connectivity index (χ4n) is 4.01. The minimum Gasteiger partial charge on any atom is -0.483 e. The van der Waals surface area contributed by atoms with E-state index in [2.05, 4.69) is 35.1 Å². The van der Waals surface area contributed by atoms with E-state index in [4.69, 9.17) is 4.74 Å². The Hall–Kier alpha value is -3.09. The first kappa shape index (κ1) is 24.0. The van der Waals surface area contributed by atoms with Crippen LogP contribution >= 0.6 is 23.1 Å². The van der Waals surface area contributed by atoms with Gasteiger partial charge in [0.25, 0.3) is 0 Å². The lowest BCUT2D eigenvalue weighted by Gasteiger charge is -2.17. The molecule has 0 fully saturated rings. The Kier molecular flexibility index (Phi) is 7.70. The fraction of sp³-hybridized carbons (Fsp3) is 0.360. The second-order valence-electron chi connectivity index (χ2n) is 8.32. The number of aromatic nitrogens is 3. The standard InChI is InChI=1S/C25H27N5O2S2/c1-4-12-30-23(17(3)32-18-8-6-5-7-9-18)28-29-25(30)33-15-22(31)27-24-20(14-26)19-11-10-16(2)13-21(19)34-24/h4-9,16-17H,1,10-13,15H2,2-3H3,(H,27,31). The van der Waals surface area contributed by atoms with Crippen LogP contribution in [0.4, 0.5) is 5.00 Å². The molecule has 7 nitrogen and oxygen atoms in total. The molecule has 1 N–H and O–H groups in total. The molecule has 0 bridgehead atoms. The quantitative estimate of drug-likeness (QED) is 0.317. The summed E-state index contributed by atoms with van der Waals surface area (Å²) in [4.78, 5) is 14.0. The number of anilines is 1. The minimum absolute atomic E-state index is 0.160. The first-order chi connectivity index (χ1) is 16.5. The molecule has 0 spiro atoms. The van der Waals surface area contributed by atoms with Gasteiger partial charge in [-0.15, -0.1) is 28.1 Å². The number of ether oxygens (including phenoxy) is 1. The van der Waals surface area contributed by atoms with Gasteiger partial charge in [-0.25, -0.2) is 0 Å². The highest BCUT2D eigenvalue weighted by Gasteiger charge is 2.25. The van der Waals surface area contributed by atoms with E-state index in [-0.39, 0.29) is 17.8 Å². The molecule has 1 aromatic carbocycles. The van der Waals surface area contributed by atoms with Crippen LogP contribution in [0.1, 0.15) is 48.2 Å². The van der Waals surface area contributed by atoms with E-state index in [1.807, 2.05) is 41.8 Å². The van der Waals surface area contributed by atoms with Crippen molar-refractivity contribution in [3.05, 3.63) is 64.8 Å². The molecule has 2 atom stereocenters. The lowest BCUT2D eigenvalue weighted by molar-refractivity contribution is -0.113. The van der Waals surface area contributed by atoms with Crippen molar-refractivity contribution >= 4 is 34.0 Å². The van der Waals surface area contributed by atoms with Crippen molar-refractivity contribution in [1.29, 1.82) is 5.26 Å². The number of nitriles is 1. The molecule has 176 valence electrons. The molecule has 2 unspecified atom stereocenters. The van der Waals surface area contributed by atoms with Crippen molar-refractivity contribution < 1.29 is 9.53 Å². The van der Waals surface area contributed by atoms with Crippen LogP contribution in [-0.4, -0.2) is 26.4 Å². The minimum atomic E-state index is -0.323. The molecular formula is C25H27N5O2S2. The lowest BCUT2D eigenvalue weighted by Crippen LogP contribution is -2.15.